The molecule has 0 saturated carbocycles. The van der Waals surface area contributed by atoms with Crippen LogP contribution in [-0.2, 0) is 9.59 Å². The fraction of sp³-hybridized carbons (Fsp3) is 0.462. The molecule has 1 aliphatic rings. The molecule has 1 atom stereocenters. The summed E-state index contributed by atoms with van der Waals surface area (Å²) in [5.74, 6) is -0.205. The molecule has 101 valence electrons. The van der Waals surface area contributed by atoms with Crippen LogP contribution in [0.4, 0.5) is 0 Å². The van der Waals surface area contributed by atoms with E-state index in [0.29, 0.717) is 5.69 Å². The van der Waals surface area contributed by atoms with Gasteiger partial charge in [-0.3, -0.25) is 19.5 Å². The van der Waals surface area contributed by atoms with Gasteiger partial charge in [-0.05, 0) is 12.1 Å². The van der Waals surface area contributed by atoms with Gasteiger partial charge < -0.3 is 10.6 Å². The molecule has 6 nitrogen and oxygen atoms in total. The van der Waals surface area contributed by atoms with E-state index in [0.717, 1.165) is 26.2 Å². The third-order valence-electron chi connectivity index (χ3n) is 3.07. The second kappa shape index (κ2) is 6.96. The Balaban J connectivity index is 2.17. The summed E-state index contributed by atoms with van der Waals surface area (Å²) in [6.07, 6.45) is 3.34. The van der Waals surface area contributed by atoms with Gasteiger partial charge in [0.1, 0.15) is 6.04 Å². The molecule has 1 radical (unpaired) electrons. The van der Waals surface area contributed by atoms with Gasteiger partial charge in [0.2, 0.25) is 12.2 Å². The summed E-state index contributed by atoms with van der Waals surface area (Å²) in [6, 6.07) is 5.06. The molecule has 0 spiro atoms. The van der Waals surface area contributed by atoms with Crippen LogP contribution >= 0.6 is 0 Å². The molecular formula is C13H17N4O2. The van der Waals surface area contributed by atoms with Gasteiger partial charge in [-0.25, -0.2) is 0 Å². The average molecular weight is 261 g/mol. The smallest absolute Gasteiger partial charge is 0.243 e. The Morgan fingerprint density at radius 3 is 2.89 bits per heavy atom. The minimum atomic E-state index is -0.448. The van der Waals surface area contributed by atoms with Crippen LogP contribution < -0.4 is 10.6 Å². The van der Waals surface area contributed by atoms with E-state index < -0.39 is 6.04 Å². The van der Waals surface area contributed by atoms with E-state index in [1.54, 1.807) is 12.5 Å². The standard InChI is InChI=1S/C13H17N4O2/c18-10-7-16-13(19)12(11-3-1-2-4-15-11)17-8-5-14-6-9-17/h1-4,12,14H,5-9H2,(H,16,19). The molecular weight excluding hydrogens is 244 g/mol. The van der Waals surface area contributed by atoms with E-state index in [9.17, 15) is 9.59 Å². The molecule has 2 N–H and O–H groups in total. The van der Waals surface area contributed by atoms with Gasteiger partial charge in [-0.15, -0.1) is 0 Å². The summed E-state index contributed by atoms with van der Waals surface area (Å²) in [7, 11) is 0. The first-order valence-corrected chi connectivity index (χ1v) is 6.31. The van der Waals surface area contributed by atoms with Crippen molar-refractivity contribution in [2.24, 2.45) is 0 Å². The largest absolute Gasteiger partial charge is 0.347 e. The molecule has 0 aromatic carbocycles. The maximum absolute atomic E-state index is 12.2. The lowest BCUT2D eigenvalue weighted by Gasteiger charge is -2.33. The molecule has 19 heavy (non-hydrogen) atoms. The van der Waals surface area contributed by atoms with Crippen LogP contribution in [-0.4, -0.2) is 54.8 Å². The first-order valence-electron chi connectivity index (χ1n) is 6.31. The topological polar surface area (TPSA) is 74.3 Å². The zero-order chi connectivity index (χ0) is 13.5. The number of rotatable bonds is 5. The molecule has 1 aromatic rings. The maximum atomic E-state index is 12.2. The third kappa shape index (κ3) is 3.59. The van der Waals surface area contributed by atoms with Crippen LogP contribution in [0.5, 0.6) is 0 Å². The molecule has 1 aromatic heterocycles. The van der Waals surface area contributed by atoms with E-state index in [1.165, 1.54) is 0 Å². The number of pyridine rings is 1. The second-order valence-corrected chi connectivity index (χ2v) is 4.31. The van der Waals surface area contributed by atoms with Crippen molar-refractivity contribution in [1.82, 2.24) is 20.5 Å². The summed E-state index contributed by atoms with van der Waals surface area (Å²) >= 11 is 0. The third-order valence-corrected chi connectivity index (χ3v) is 3.07. The molecule has 2 rings (SSSR count). The number of nitrogens with one attached hydrogen (secondary N) is 2. The summed E-state index contributed by atoms with van der Waals surface area (Å²) in [4.78, 5) is 28.8. The molecule has 0 bridgehead atoms. The highest BCUT2D eigenvalue weighted by molar-refractivity contribution is 5.84. The minimum absolute atomic E-state index is 0.0890. The van der Waals surface area contributed by atoms with Crippen molar-refractivity contribution < 1.29 is 9.59 Å². The van der Waals surface area contributed by atoms with Crippen LogP contribution in [0, 0.1) is 0 Å². The van der Waals surface area contributed by atoms with E-state index in [4.69, 9.17) is 0 Å². The fourth-order valence-electron chi connectivity index (χ4n) is 2.19. The molecule has 2 heterocycles. The van der Waals surface area contributed by atoms with E-state index in [2.05, 4.69) is 20.5 Å². The lowest BCUT2D eigenvalue weighted by atomic mass is 10.1. The molecule has 1 saturated heterocycles. The van der Waals surface area contributed by atoms with Crippen molar-refractivity contribution >= 4 is 12.2 Å². The number of piperazine rings is 1. The van der Waals surface area contributed by atoms with Crippen LogP contribution in [0.15, 0.2) is 24.4 Å². The highest BCUT2D eigenvalue weighted by atomic mass is 16.2. The molecule has 0 aliphatic carbocycles. The lowest BCUT2D eigenvalue weighted by molar-refractivity contribution is -0.126. The van der Waals surface area contributed by atoms with E-state index in [1.807, 2.05) is 18.2 Å². The van der Waals surface area contributed by atoms with Crippen molar-refractivity contribution in [1.29, 1.82) is 0 Å². The Morgan fingerprint density at radius 2 is 2.26 bits per heavy atom. The minimum Gasteiger partial charge on any atom is -0.347 e. The van der Waals surface area contributed by atoms with Crippen molar-refractivity contribution in [3.63, 3.8) is 0 Å². The van der Waals surface area contributed by atoms with Gasteiger partial charge >= 0.3 is 0 Å². The Morgan fingerprint density at radius 1 is 1.47 bits per heavy atom. The predicted octanol–water partition coefficient (Wildman–Crippen LogP) is -0.746. The number of carbonyl (C=O) groups excluding carboxylic acids is 2. The van der Waals surface area contributed by atoms with Gasteiger partial charge in [-0.2, -0.15) is 0 Å². The van der Waals surface area contributed by atoms with Gasteiger partial charge in [0, 0.05) is 32.4 Å². The maximum Gasteiger partial charge on any atom is 0.243 e. The summed E-state index contributed by atoms with van der Waals surface area (Å²) in [6.45, 7) is 3.15. The first kappa shape index (κ1) is 13.6. The summed E-state index contributed by atoms with van der Waals surface area (Å²) < 4.78 is 0. The first-order chi connectivity index (χ1) is 9.33. The number of aromatic nitrogens is 1. The number of carbonyl (C=O) groups is 1. The van der Waals surface area contributed by atoms with E-state index in [-0.39, 0.29) is 12.5 Å². The number of amides is 1. The lowest BCUT2D eigenvalue weighted by Crippen LogP contribution is -2.49. The number of hydrogen-bond donors (Lipinski definition) is 2. The fourth-order valence-corrected chi connectivity index (χ4v) is 2.19. The summed E-state index contributed by atoms with van der Waals surface area (Å²) in [5.41, 5.74) is 0.702. The quantitative estimate of drug-likeness (QED) is 0.730. The Labute approximate surface area is 112 Å². The van der Waals surface area contributed by atoms with Crippen molar-refractivity contribution in [2.45, 2.75) is 6.04 Å². The molecule has 1 fully saturated rings. The van der Waals surface area contributed by atoms with Crippen LogP contribution in [0.3, 0.4) is 0 Å². The predicted molar refractivity (Wildman–Crippen MR) is 70.1 cm³/mol. The molecule has 1 aliphatic heterocycles. The Hall–Kier alpha value is -1.79. The number of nitrogens with zero attached hydrogens (tertiary/aromatic N) is 2. The van der Waals surface area contributed by atoms with Gasteiger partial charge in [0.25, 0.3) is 0 Å². The van der Waals surface area contributed by atoms with Crippen LogP contribution in [0.1, 0.15) is 11.7 Å². The zero-order valence-electron chi connectivity index (χ0n) is 10.6. The van der Waals surface area contributed by atoms with Gasteiger partial charge in [-0.1, -0.05) is 6.07 Å². The van der Waals surface area contributed by atoms with Crippen molar-refractivity contribution in [3.8, 4) is 0 Å². The van der Waals surface area contributed by atoms with Crippen LogP contribution in [0.2, 0.25) is 0 Å². The second-order valence-electron chi connectivity index (χ2n) is 4.31. The van der Waals surface area contributed by atoms with Crippen molar-refractivity contribution in [3.05, 3.63) is 30.1 Å². The molecule has 6 heteroatoms. The zero-order valence-corrected chi connectivity index (χ0v) is 10.6. The normalized spacial score (nSPS) is 17.7. The monoisotopic (exact) mass is 261 g/mol. The highest BCUT2D eigenvalue weighted by Gasteiger charge is 2.29. The highest BCUT2D eigenvalue weighted by Crippen LogP contribution is 2.19. The van der Waals surface area contributed by atoms with E-state index >= 15 is 0 Å². The summed E-state index contributed by atoms with van der Waals surface area (Å²) in [5, 5.41) is 5.81. The Bertz CT molecular complexity index is 418. The average Bonchev–Trinajstić information content (AvgIpc) is 2.47. The van der Waals surface area contributed by atoms with Gasteiger partial charge in [0.05, 0.1) is 12.2 Å². The van der Waals surface area contributed by atoms with Crippen LogP contribution in [0.25, 0.3) is 0 Å². The number of hydrogen-bond acceptors (Lipinski definition) is 5. The molecule has 1 unspecified atom stereocenters. The SMILES string of the molecule is O=[C]CNC(=O)C(c1ccccn1)N1CCNCC1. The van der Waals surface area contributed by atoms with Gasteiger partial charge in [0.15, 0.2) is 0 Å². The van der Waals surface area contributed by atoms with Crippen molar-refractivity contribution in [2.75, 3.05) is 32.7 Å². The molecule has 1 amide bonds. The Kier molecular flexibility index (Phi) is 5.00.